The van der Waals surface area contributed by atoms with E-state index >= 15 is 0 Å². The van der Waals surface area contributed by atoms with E-state index in [2.05, 4.69) is 5.32 Å². The zero-order chi connectivity index (χ0) is 9.68. The van der Waals surface area contributed by atoms with E-state index < -0.39 is 0 Å². The van der Waals surface area contributed by atoms with Gasteiger partial charge in [0, 0.05) is 0 Å². The summed E-state index contributed by atoms with van der Waals surface area (Å²) in [6.07, 6.45) is 2.82. The van der Waals surface area contributed by atoms with Gasteiger partial charge >= 0.3 is 5.97 Å². The van der Waals surface area contributed by atoms with Crippen LogP contribution in [0, 0.1) is 5.92 Å². The molecule has 0 aliphatic carbocycles. The molecule has 1 aliphatic heterocycles. The maximum Gasteiger partial charge on any atom is 0.309 e. The van der Waals surface area contributed by atoms with Crippen LogP contribution >= 0.6 is 0 Å². The lowest BCUT2D eigenvalue weighted by Crippen LogP contribution is -2.33. The molecule has 1 saturated heterocycles. The predicted octanol–water partition coefficient (Wildman–Crippen LogP) is 1.33. The van der Waals surface area contributed by atoms with E-state index in [0.29, 0.717) is 0 Å². The smallest absolute Gasteiger partial charge is 0.309 e. The van der Waals surface area contributed by atoms with E-state index in [0.717, 1.165) is 32.4 Å². The van der Waals surface area contributed by atoms with Crippen molar-refractivity contribution in [2.75, 3.05) is 13.1 Å². The van der Waals surface area contributed by atoms with Gasteiger partial charge in [0.15, 0.2) is 0 Å². The number of nitrogens with one attached hydrogen (secondary N) is 1. The Labute approximate surface area is 79.8 Å². The average Bonchev–Trinajstić information content (AvgIpc) is 2.19. The van der Waals surface area contributed by atoms with Gasteiger partial charge in [0.2, 0.25) is 0 Å². The lowest BCUT2D eigenvalue weighted by molar-refractivity contribution is -0.154. The number of hydrogen-bond donors (Lipinski definition) is 1. The highest BCUT2D eigenvalue weighted by Crippen LogP contribution is 2.14. The van der Waals surface area contributed by atoms with Gasteiger partial charge in [0.25, 0.3) is 0 Å². The molecule has 1 fully saturated rings. The van der Waals surface area contributed by atoms with Crippen LogP contribution in [-0.4, -0.2) is 25.2 Å². The molecule has 3 nitrogen and oxygen atoms in total. The van der Waals surface area contributed by atoms with Gasteiger partial charge in [0.05, 0.1) is 12.0 Å². The molecule has 1 N–H and O–H groups in total. The largest absolute Gasteiger partial charge is 0.462 e. The van der Waals surface area contributed by atoms with E-state index in [9.17, 15) is 4.79 Å². The summed E-state index contributed by atoms with van der Waals surface area (Å²) in [6, 6.07) is 0. The summed E-state index contributed by atoms with van der Waals surface area (Å²) in [5.74, 6) is 0.131. The molecule has 0 aromatic rings. The quantitative estimate of drug-likeness (QED) is 0.674. The Morgan fingerprint density at radius 3 is 2.69 bits per heavy atom. The number of carbonyl (C=O) groups excluding carboxylic acids is 1. The Hall–Kier alpha value is -0.570. The van der Waals surface area contributed by atoms with Crippen molar-refractivity contribution in [2.24, 2.45) is 5.92 Å². The van der Waals surface area contributed by atoms with Crippen LogP contribution in [0.5, 0.6) is 0 Å². The van der Waals surface area contributed by atoms with Gasteiger partial charge in [-0.3, -0.25) is 4.79 Å². The van der Waals surface area contributed by atoms with Crippen molar-refractivity contribution >= 4 is 5.97 Å². The Kier molecular flexibility index (Phi) is 4.22. The molecule has 0 radical (unpaired) electrons. The summed E-state index contributed by atoms with van der Waals surface area (Å²) in [6.45, 7) is 5.86. The molecule has 0 saturated carbocycles. The SMILES string of the molecule is CC[C@@H](C)OC(=O)C1CCNCC1. The van der Waals surface area contributed by atoms with Gasteiger partial charge < -0.3 is 10.1 Å². The van der Waals surface area contributed by atoms with Gasteiger partial charge in [-0.1, -0.05) is 6.92 Å². The molecule has 1 aliphatic rings. The van der Waals surface area contributed by atoms with Crippen LogP contribution in [0.2, 0.25) is 0 Å². The summed E-state index contributed by atoms with van der Waals surface area (Å²) in [7, 11) is 0. The first-order valence-electron chi connectivity index (χ1n) is 5.15. The molecule has 0 aromatic carbocycles. The Morgan fingerprint density at radius 1 is 1.54 bits per heavy atom. The highest BCUT2D eigenvalue weighted by Gasteiger charge is 2.23. The minimum Gasteiger partial charge on any atom is -0.462 e. The fourth-order valence-corrected chi connectivity index (χ4v) is 1.44. The number of ether oxygens (including phenoxy) is 1. The topological polar surface area (TPSA) is 38.3 Å². The van der Waals surface area contributed by atoms with E-state index in [1.54, 1.807) is 0 Å². The van der Waals surface area contributed by atoms with Crippen LogP contribution in [-0.2, 0) is 9.53 Å². The lowest BCUT2D eigenvalue weighted by atomic mass is 9.98. The number of carbonyl (C=O) groups is 1. The fraction of sp³-hybridized carbons (Fsp3) is 0.900. The molecule has 0 amide bonds. The molecule has 0 aromatic heterocycles. The fourth-order valence-electron chi connectivity index (χ4n) is 1.44. The first-order chi connectivity index (χ1) is 6.24. The van der Waals surface area contributed by atoms with Crippen molar-refractivity contribution in [1.29, 1.82) is 0 Å². The molecular formula is C10H19NO2. The third-order valence-electron chi connectivity index (χ3n) is 2.56. The molecular weight excluding hydrogens is 166 g/mol. The number of rotatable bonds is 3. The van der Waals surface area contributed by atoms with Crippen LogP contribution in [0.1, 0.15) is 33.1 Å². The maximum absolute atomic E-state index is 11.5. The van der Waals surface area contributed by atoms with E-state index in [1.807, 2.05) is 13.8 Å². The zero-order valence-corrected chi connectivity index (χ0v) is 8.51. The first kappa shape index (κ1) is 10.5. The van der Waals surface area contributed by atoms with E-state index in [1.165, 1.54) is 0 Å². The van der Waals surface area contributed by atoms with E-state index in [-0.39, 0.29) is 18.0 Å². The molecule has 0 spiro atoms. The van der Waals surface area contributed by atoms with Crippen molar-refractivity contribution in [1.82, 2.24) is 5.32 Å². The highest BCUT2D eigenvalue weighted by molar-refractivity contribution is 5.72. The number of piperidine rings is 1. The van der Waals surface area contributed by atoms with Crippen LogP contribution in [0.15, 0.2) is 0 Å². The second kappa shape index (κ2) is 5.22. The lowest BCUT2D eigenvalue weighted by Gasteiger charge is -2.22. The second-order valence-electron chi connectivity index (χ2n) is 3.68. The highest BCUT2D eigenvalue weighted by atomic mass is 16.5. The van der Waals surface area contributed by atoms with Crippen molar-refractivity contribution < 1.29 is 9.53 Å². The summed E-state index contributed by atoms with van der Waals surface area (Å²) < 4.78 is 5.27. The van der Waals surface area contributed by atoms with E-state index in [4.69, 9.17) is 4.74 Å². The Balaban J connectivity index is 2.29. The maximum atomic E-state index is 11.5. The van der Waals surface area contributed by atoms with Crippen molar-refractivity contribution in [3.05, 3.63) is 0 Å². The molecule has 76 valence electrons. The van der Waals surface area contributed by atoms with Gasteiger partial charge in [-0.05, 0) is 39.3 Å². The standard InChI is InChI=1S/C10H19NO2/c1-3-8(2)13-10(12)9-4-6-11-7-5-9/h8-9,11H,3-7H2,1-2H3/t8-/m1/s1. The van der Waals surface area contributed by atoms with Crippen LogP contribution in [0.3, 0.4) is 0 Å². The average molecular weight is 185 g/mol. The normalized spacial score (nSPS) is 21.1. The van der Waals surface area contributed by atoms with Crippen molar-refractivity contribution in [2.45, 2.75) is 39.2 Å². The monoisotopic (exact) mass is 185 g/mol. The number of esters is 1. The molecule has 3 heteroatoms. The van der Waals surface area contributed by atoms with Gasteiger partial charge in [-0.2, -0.15) is 0 Å². The molecule has 1 atom stereocenters. The Morgan fingerprint density at radius 2 is 2.15 bits per heavy atom. The van der Waals surface area contributed by atoms with Crippen molar-refractivity contribution in [3.63, 3.8) is 0 Å². The number of hydrogen-bond acceptors (Lipinski definition) is 3. The summed E-state index contributed by atoms with van der Waals surface area (Å²) in [5, 5.41) is 3.23. The molecule has 1 heterocycles. The minimum atomic E-state index is -0.00384. The summed E-state index contributed by atoms with van der Waals surface area (Å²) in [5.41, 5.74) is 0. The third-order valence-corrected chi connectivity index (χ3v) is 2.56. The van der Waals surface area contributed by atoms with Crippen LogP contribution in [0.4, 0.5) is 0 Å². The van der Waals surface area contributed by atoms with Gasteiger partial charge in [0.1, 0.15) is 0 Å². The van der Waals surface area contributed by atoms with Gasteiger partial charge in [-0.25, -0.2) is 0 Å². The molecule has 1 rings (SSSR count). The van der Waals surface area contributed by atoms with Gasteiger partial charge in [-0.15, -0.1) is 0 Å². The Bertz CT molecular complexity index is 164. The summed E-state index contributed by atoms with van der Waals surface area (Å²) >= 11 is 0. The van der Waals surface area contributed by atoms with Crippen LogP contribution < -0.4 is 5.32 Å². The zero-order valence-electron chi connectivity index (χ0n) is 8.51. The third kappa shape index (κ3) is 3.35. The molecule has 0 unspecified atom stereocenters. The summed E-state index contributed by atoms with van der Waals surface area (Å²) in [4.78, 5) is 11.5. The predicted molar refractivity (Wildman–Crippen MR) is 51.4 cm³/mol. The minimum absolute atomic E-state index is 0.00384. The van der Waals surface area contributed by atoms with Crippen molar-refractivity contribution in [3.8, 4) is 0 Å². The molecule has 13 heavy (non-hydrogen) atoms. The second-order valence-corrected chi connectivity index (χ2v) is 3.68. The van der Waals surface area contributed by atoms with Crippen LogP contribution in [0.25, 0.3) is 0 Å². The first-order valence-corrected chi connectivity index (χ1v) is 5.15. The molecule has 0 bridgehead atoms.